The lowest BCUT2D eigenvalue weighted by Gasteiger charge is -2.00. The number of phenolic OH excluding ortho intramolecular Hbond substituents is 1. The van der Waals surface area contributed by atoms with Crippen molar-refractivity contribution >= 4 is 5.69 Å². The number of nitrogens with one attached hydrogen (secondary N) is 1. The Morgan fingerprint density at radius 2 is 1.95 bits per heavy atom. The number of rotatable bonds is 2. The number of hydrogen-bond donors (Lipinski definition) is 3. The molecule has 1 heterocycles. The minimum atomic E-state index is -0.345. The van der Waals surface area contributed by atoms with Crippen molar-refractivity contribution in [2.24, 2.45) is 0 Å². The summed E-state index contributed by atoms with van der Waals surface area (Å²) < 4.78 is 13.2. The molecule has 0 bridgehead atoms. The minimum Gasteiger partial charge on any atom is -0.506 e. The maximum absolute atomic E-state index is 13.2. The highest BCUT2D eigenvalue weighted by Gasteiger charge is 2.09. The summed E-state index contributed by atoms with van der Waals surface area (Å²) in [5.41, 5.74) is 7.16. The smallest absolute Gasteiger partial charge is 0.181 e. The first-order chi connectivity index (χ1) is 9.63. The van der Waals surface area contributed by atoms with Crippen LogP contribution in [0.25, 0.3) is 22.8 Å². The zero-order valence-corrected chi connectivity index (χ0v) is 10.3. The molecule has 1 aromatic heterocycles. The molecule has 3 rings (SSSR count). The molecule has 100 valence electrons. The van der Waals surface area contributed by atoms with Crippen LogP contribution >= 0.6 is 0 Å². The standard InChI is InChI=1S/C14H11FN4O/c15-10-3-1-2-8(6-10)13-17-14(19-18-13)9-4-5-12(20)11(16)7-9/h1-7,20H,16H2,(H,17,18,19). The molecule has 0 aliphatic rings. The van der Waals surface area contributed by atoms with Crippen LogP contribution in [-0.2, 0) is 0 Å². The summed E-state index contributed by atoms with van der Waals surface area (Å²) in [6, 6.07) is 10.8. The lowest BCUT2D eigenvalue weighted by Crippen LogP contribution is -1.88. The van der Waals surface area contributed by atoms with Gasteiger partial charge in [-0.25, -0.2) is 9.37 Å². The molecule has 3 aromatic rings. The molecule has 0 spiro atoms. The molecule has 0 aliphatic carbocycles. The zero-order chi connectivity index (χ0) is 14.1. The average Bonchev–Trinajstić information content (AvgIpc) is 2.92. The van der Waals surface area contributed by atoms with Gasteiger partial charge in [-0.1, -0.05) is 12.1 Å². The molecule has 6 heteroatoms. The zero-order valence-electron chi connectivity index (χ0n) is 10.3. The second-order valence-corrected chi connectivity index (χ2v) is 4.29. The summed E-state index contributed by atoms with van der Waals surface area (Å²) in [4.78, 5) is 4.29. The monoisotopic (exact) mass is 270 g/mol. The van der Waals surface area contributed by atoms with Gasteiger partial charge in [0.05, 0.1) is 5.69 Å². The fourth-order valence-electron chi connectivity index (χ4n) is 1.85. The summed E-state index contributed by atoms with van der Waals surface area (Å²) in [7, 11) is 0. The van der Waals surface area contributed by atoms with Crippen LogP contribution in [0.1, 0.15) is 0 Å². The van der Waals surface area contributed by atoms with Crippen molar-refractivity contribution in [3.63, 3.8) is 0 Å². The highest BCUT2D eigenvalue weighted by atomic mass is 19.1. The van der Waals surface area contributed by atoms with Gasteiger partial charge in [-0.3, -0.25) is 5.10 Å². The van der Waals surface area contributed by atoms with Gasteiger partial charge >= 0.3 is 0 Å². The maximum atomic E-state index is 13.2. The SMILES string of the molecule is Nc1cc(-c2nc(-c3cccc(F)c3)n[nH]2)ccc1O. The van der Waals surface area contributed by atoms with Crippen LogP contribution in [-0.4, -0.2) is 20.3 Å². The minimum absolute atomic E-state index is 0.0126. The van der Waals surface area contributed by atoms with Crippen molar-refractivity contribution in [1.82, 2.24) is 15.2 Å². The first-order valence-electron chi connectivity index (χ1n) is 5.91. The van der Waals surface area contributed by atoms with Crippen molar-refractivity contribution in [3.05, 3.63) is 48.3 Å². The Kier molecular flexibility index (Phi) is 2.83. The van der Waals surface area contributed by atoms with Crippen molar-refractivity contribution in [1.29, 1.82) is 0 Å². The number of anilines is 1. The van der Waals surface area contributed by atoms with Gasteiger partial charge in [0.2, 0.25) is 0 Å². The number of aromatic hydroxyl groups is 1. The Morgan fingerprint density at radius 1 is 1.10 bits per heavy atom. The van der Waals surface area contributed by atoms with E-state index in [1.165, 1.54) is 18.2 Å². The van der Waals surface area contributed by atoms with E-state index in [0.29, 0.717) is 22.8 Å². The molecule has 0 aliphatic heterocycles. The lowest BCUT2D eigenvalue weighted by atomic mass is 10.2. The molecule has 0 atom stereocenters. The molecule has 0 fully saturated rings. The molecular weight excluding hydrogens is 259 g/mol. The summed E-state index contributed by atoms with van der Waals surface area (Å²) in [6.07, 6.45) is 0. The van der Waals surface area contributed by atoms with Crippen LogP contribution in [0.15, 0.2) is 42.5 Å². The van der Waals surface area contributed by atoms with Gasteiger partial charge in [-0.15, -0.1) is 0 Å². The third-order valence-corrected chi connectivity index (χ3v) is 2.87. The number of H-pyrrole nitrogens is 1. The molecule has 5 nitrogen and oxygen atoms in total. The molecule has 0 unspecified atom stereocenters. The second kappa shape index (κ2) is 4.65. The number of halogens is 1. The Bertz CT molecular complexity index is 769. The van der Waals surface area contributed by atoms with E-state index in [0.717, 1.165) is 0 Å². The maximum Gasteiger partial charge on any atom is 0.181 e. The Labute approximate surface area is 113 Å². The van der Waals surface area contributed by atoms with Gasteiger partial charge in [0.25, 0.3) is 0 Å². The van der Waals surface area contributed by atoms with Gasteiger partial charge < -0.3 is 10.8 Å². The van der Waals surface area contributed by atoms with Crippen molar-refractivity contribution in [2.75, 3.05) is 5.73 Å². The lowest BCUT2D eigenvalue weighted by molar-refractivity contribution is 0.478. The largest absolute Gasteiger partial charge is 0.506 e. The van der Waals surface area contributed by atoms with Gasteiger partial charge in [-0.05, 0) is 30.3 Å². The van der Waals surface area contributed by atoms with E-state index < -0.39 is 0 Å². The number of phenols is 1. The summed E-state index contributed by atoms with van der Waals surface area (Å²) in [6.45, 7) is 0. The predicted octanol–water partition coefficient (Wildman–Crippen LogP) is 2.57. The third kappa shape index (κ3) is 2.18. The van der Waals surface area contributed by atoms with Crippen LogP contribution in [0.2, 0.25) is 0 Å². The first kappa shape index (κ1) is 12.2. The molecule has 20 heavy (non-hydrogen) atoms. The quantitative estimate of drug-likeness (QED) is 0.493. The van der Waals surface area contributed by atoms with Gasteiger partial charge in [0, 0.05) is 11.1 Å². The fourth-order valence-corrected chi connectivity index (χ4v) is 1.85. The molecule has 0 amide bonds. The van der Waals surface area contributed by atoms with E-state index in [9.17, 15) is 9.50 Å². The average molecular weight is 270 g/mol. The molecule has 2 aromatic carbocycles. The van der Waals surface area contributed by atoms with Gasteiger partial charge in [0.15, 0.2) is 11.6 Å². The summed E-state index contributed by atoms with van der Waals surface area (Å²) in [5, 5.41) is 16.2. The Balaban J connectivity index is 1.99. The highest BCUT2D eigenvalue weighted by molar-refractivity contribution is 5.67. The Hall–Kier alpha value is -2.89. The summed E-state index contributed by atoms with van der Waals surface area (Å²) in [5.74, 6) is 0.559. The molecule has 0 radical (unpaired) electrons. The molecule has 0 saturated heterocycles. The van der Waals surface area contributed by atoms with Gasteiger partial charge in [-0.2, -0.15) is 5.10 Å². The number of hydrogen-bond acceptors (Lipinski definition) is 4. The first-order valence-corrected chi connectivity index (χ1v) is 5.91. The molecular formula is C14H11FN4O. The van der Waals surface area contributed by atoms with Crippen LogP contribution in [0.5, 0.6) is 5.75 Å². The van der Waals surface area contributed by atoms with Crippen LogP contribution in [0, 0.1) is 5.82 Å². The number of nitrogen functional groups attached to an aromatic ring is 1. The van der Waals surface area contributed by atoms with E-state index in [1.807, 2.05) is 0 Å². The van der Waals surface area contributed by atoms with Crippen LogP contribution < -0.4 is 5.73 Å². The normalized spacial score (nSPS) is 10.7. The van der Waals surface area contributed by atoms with E-state index in [4.69, 9.17) is 5.73 Å². The van der Waals surface area contributed by atoms with Crippen LogP contribution in [0.3, 0.4) is 0 Å². The number of benzene rings is 2. The van der Waals surface area contributed by atoms with Crippen LogP contribution in [0.4, 0.5) is 10.1 Å². The van der Waals surface area contributed by atoms with Crippen molar-refractivity contribution < 1.29 is 9.50 Å². The summed E-state index contributed by atoms with van der Waals surface area (Å²) >= 11 is 0. The number of nitrogens with zero attached hydrogens (tertiary/aromatic N) is 2. The Morgan fingerprint density at radius 3 is 2.70 bits per heavy atom. The van der Waals surface area contributed by atoms with Crippen molar-refractivity contribution in [3.8, 4) is 28.5 Å². The highest BCUT2D eigenvalue weighted by Crippen LogP contribution is 2.26. The number of nitrogens with two attached hydrogens (primary N) is 1. The third-order valence-electron chi connectivity index (χ3n) is 2.87. The fraction of sp³-hybridized carbons (Fsp3) is 0. The van der Waals surface area contributed by atoms with E-state index in [1.54, 1.807) is 24.3 Å². The van der Waals surface area contributed by atoms with E-state index in [-0.39, 0.29) is 17.3 Å². The van der Waals surface area contributed by atoms with E-state index >= 15 is 0 Å². The second-order valence-electron chi connectivity index (χ2n) is 4.29. The van der Waals surface area contributed by atoms with E-state index in [2.05, 4.69) is 15.2 Å². The number of aromatic amines is 1. The van der Waals surface area contributed by atoms with Gasteiger partial charge in [0.1, 0.15) is 11.6 Å². The molecule has 0 saturated carbocycles. The van der Waals surface area contributed by atoms with Crippen molar-refractivity contribution in [2.45, 2.75) is 0 Å². The number of aromatic nitrogens is 3. The molecule has 4 N–H and O–H groups in total. The predicted molar refractivity (Wildman–Crippen MR) is 73.3 cm³/mol. The topological polar surface area (TPSA) is 87.8 Å².